The van der Waals surface area contributed by atoms with Crippen LogP contribution in [0.4, 0.5) is 0 Å². The minimum atomic E-state index is -3.03. The highest BCUT2D eigenvalue weighted by Gasteiger charge is 2.30. The molecule has 1 saturated heterocycles. The molecule has 106 valence electrons. The van der Waals surface area contributed by atoms with E-state index in [1.165, 1.54) is 5.56 Å². The number of rotatable bonds is 6. The van der Waals surface area contributed by atoms with Gasteiger partial charge >= 0.3 is 0 Å². The molecule has 0 aromatic carbocycles. The van der Waals surface area contributed by atoms with E-state index in [9.17, 15) is 8.42 Å². The van der Waals surface area contributed by atoms with E-state index >= 15 is 0 Å². The lowest BCUT2D eigenvalue weighted by Crippen LogP contribution is -2.31. The second-order valence-electron chi connectivity index (χ2n) is 5.25. The Hall–Kier alpha value is -0.940. The third kappa shape index (κ3) is 4.01. The largest absolute Gasteiger partial charge is 0.264 e. The average molecular weight is 282 g/mol. The molecule has 1 aromatic heterocycles. The Bertz CT molecular complexity index is 487. The normalized spacial score (nSPS) is 20.8. The van der Waals surface area contributed by atoms with Crippen LogP contribution in [0.2, 0.25) is 0 Å². The topological polar surface area (TPSA) is 50.3 Å². The van der Waals surface area contributed by atoms with E-state index in [1.54, 1.807) is 10.5 Å². The van der Waals surface area contributed by atoms with Crippen LogP contribution in [0.15, 0.2) is 24.5 Å². The van der Waals surface area contributed by atoms with Crippen molar-refractivity contribution >= 4 is 10.0 Å². The summed E-state index contributed by atoms with van der Waals surface area (Å²) in [7, 11) is -3.03. The van der Waals surface area contributed by atoms with Crippen LogP contribution < -0.4 is 0 Å². The maximum atomic E-state index is 12.1. The molecule has 0 spiro atoms. The number of aromatic nitrogens is 1. The first-order valence-corrected chi connectivity index (χ1v) is 8.59. The summed E-state index contributed by atoms with van der Waals surface area (Å²) in [5.41, 5.74) is 1.19. The Labute approximate surface area is 115 Å². The summed E-state index contributed by atoms with van der Waals surface area (Å²) in [5.74, 6) is 0.726. The molecule has 1 unspecified atom stereocenters. The highest BCUT2D eigenvalue weighted by molar-refractivity contribution is 7.89. The first-order valence-electron chi connectivity index (χ1n) is 6.98. The molecule has 1 aliphatic rings. The van der Waals surface area contributed by atoms with Crippen LogP contribution >= 0.6 is 0 Å². The van der Waals surface area contributed by atoms with Crippen molar-refractivity contribution in [2.45, 2.75) is 32.6 Å². The SMILES string of the molecule is CCCCS(=O)(=O)N1CCC(Cc2cccnc2)C1. The number of unbranched alkanes of at least 4 members (excludes halogenated alkanes) is 1. The quantitative estimate of drug-likeness (QED) is 0.802. The molecule has 5 heteroatoms. The van der Waals surface area contributed by atoms with Crippen molar-refractivity contribution in [3.63, 3.8) is 0 Å². The molecule has 2 heterocycles. The third-order valence-electron chi connectivity index (χ3n) is 3.64. The summed E-state index contributed by atoms with van der Waals surface area (Å²) in [6, 6.07) is 3.99. The van der Waals surface area contributed by atoms with Crippen LogP contribution in [0, 0.1) is 5.92 Å². The summed E-state index contributed by atoms with van der Waals surface area (Å²) in [6.07, 6.45) is 7.19. The van der Waals surface area contributed by atoms with Crippen LogP contribution in [0.5, 0.6) is 0 Å². The first kappa shape index (κ1) is 14.5. The molecule has 0 radical (unpaired) electrons. The standard InChI is InChI=1S/C14H22N2O2S/c1-2-3-9-19(17,18)16-8-6-14(12-16)10-13-5-4-7-15-11-13/h4-5,7,11,14H,2-3,6,8-10,12H2,1H3. The highest BCUT2D eigenvalue weighted by Crippen LogP contribution is 2.23. The fourth-order valence-corrected chi connectivity index (χ4v) is 4.26. The number of nitrogens with zero attached hydrogens (tertiary/aromatic N) is 2. The van der Waals surface area contributed by atoms with Gasteiger partial charge in [0, 0.05) is 25.5 Å². The van der Waals surface area contributed by atoms with Crippen LogP contribution in [-0.2, 0) is 16.4 Å². The zero-order valence-corrected chi connectivity index (χ0v) is 12.3. The Morgan fingerprint density at radius 3 is 3.00 bits per heavy atom. The minimum Gasteiger partial charge on any atom is -0.264 e. The van der Waals surface area contributed by atoms with E-state index in [0.717, 1.165) is 25.7 Å². The fraction of sp³-hybridized carbons (Fsp3) is 0.643. The molecule has 1 atom stereocenters. The smallest absolute Gasteiger partial charge is 0.214 e. The molecule has 0 amide bonds. The van der Waals surface area contributed by atoms with E-state index in [-0.39, 0.29) is 0 Å². The maximum Gasteiger partial charge on any atom is 0.214 e. The zero-order valence-electron chi connectivity index (χ0n) is 11.5. The average Bonchev–Trinajstić information content (AvgIpc) is 2.87. The zero-order chi connectivity index (χ0) is 13.7. The molecule has 4 nitrogen and oxygen atoms in total. The van der Waals surface area contributed by atoms with Gasteiger partial charge in [-0.1, -0.05) is 19.4 Å². The van der Waals surface area contributed by atoms with Crippen molar-refractivity contribution < 1.29 is 8.42 Å². The van der Waals surface area contributed by atoms with Gasteiger partial charge in [0.2, 0.25) is 10.0 Å². The molecule has 1 fully saturated rings. The molecule has 19 heavy (non-hydrogen) atoms. The lowest BCUT2D eigenvalue weighted by atomic mass is 10.0. The van der Waals surface area contributed by atoms with Gasteiger partial charge in [0.1, 0.15) is 0 Å². The monoisotopic (exact) mass is 282 g/mol. The summed E-state index contributed by atoms with van der Waals surface area (Å²) in [5, 5.41) is 0. The fourth-order valence-electron chi connectivity index (χ4n) is 2.52. The maximum absolute atomic E-state index is 12.1. The number of hydrogen-bond donors (Lipinski definition) is 0. The lowest BCUT2D eigenvalue weighted by Gasteiger charge is -2.16. The Morgan fingerprint density at radius 2 is 2.32 bits per heavy atom. The van der Waals surface area contributed by atoms with Gasteiger partial charge in [-0.2, -0.15) is 0 Å². The summed E-state index contributed by atoms with van der Waals surface area (Å²) < 4.78 is 25.9. The number of hydrogen-bond acceptors (Lipinski definition) is 3. The van der Waals surface area contributed by atoms with Gasteiger partial charge < -0.3 is 0 Å². The van der Waals surface area contributed by atoms with Crippen molar-refractivity contribution in [3.8, 4) is 0 Å². The molecule has 0 saturated carbocycles. The minimum absolute atomic E-state index is 0.295. The van der Waals surface area contributed by atoms with Gasteiger partial charge in [0.15, 0.2) is 0 Å². The van der Waals surface area contributed by atoms with Crippen LogP contribution in [0.25, 0.3) is 0 Å². The molecular formula is C14H22N2O2S. The van der Waals surface area contributed by atoms with E-state index in [2.05, 4.69) is 11.1 Å². The lowest BCUT2D eigenvalue weighted by molar-refractivity contribution is 0.454. The first-order chi connectivity index (χ1) is 9.12. The Kier molecular flexibility index (Phi) is 4.93. The second-order valence-corrected chi connectivity index (χ2v) is 7.34. The van der Waals surface area contributed by atoms with E-state index in [0.29, 0.717) is 24.8 Å². The molecule has 1 aromatic rings. The predicted octanol–water partition coefficient (Wildman–Crippen LogP) is 2.08. The van der Waals surface area contributed by atoms with Crippen LogP contribution in [0.1, 0.15) is 31.7 Å². The van der Waals surface area contributed by atoms with E-state index < -0.39 is 10.0 Å². The molecule has 2 rings (SSSR count). The van der Waals surface area contributed by atoms with Crippen LogP contribution in [-0.4, -0.2) is 36.5 Å². The van der Waals surface area contributed by atoms with Gasteiger partial charge in [0.05, 0.1) is 5.75 Å². The molecule has 0 aliphatic carbocycles. The van der Waals surface area contributed by atoms with Crippen molar-refractivity contribution in [2.75, 3.05) is 18.8 Å². The van der Waals surface area contributed by atoms with Gasteiger partial charge in [-0.25, -0.2) is 12.7 Å². The van der Waals surface area contributed by atoms with Gasteiger partial charge in [-0.05, 0) is 36.8 Å². The van der Waals surface area contributed by atoms with Crippen molar-refractivity contribution in [1.82, 2.24) is 9.29 Å². The number of pyridine rings is 1. The number of sulfonamides is 1. The molecule has 0 bridgehead atoms. The van der Waals surface area contributed by atoms with Crippen molar-refractivity contribution in [2.24, 2.45) is 5.92 Å². The second kappa shape index (κ2) is 6.48. The third-order valence-corrected chi connectivity index (χ3v) is 5.57. The van der Waals surface area contributed by atoms with E-state index in [1.807, 2.05) is 19.2 Å². The van der Waals surface area contributed by atoms with Crippen LogP contribution in [0.3, 0.4) is 0 Å². The van der Waals surface area contributed by atoms with Crippen molar-refractivity contribution in [3.05, 3.63) is 30.1 Å². The van der Waals surface area contributed by atoms with Gasteiger partial charge in [-0.15, -0.1) is 0 Å². The Morgan fingerprint density at radius 1 is 1.47 bits per heavy atom. The molecular weight excluding hydrogens is 260 g/mol. The van der Waals surface area contributed by atoms with Crippen molar-refractivity contribution in [1.29, 1.82) is 0 Å². The Balaban J connectivity index is 1.89. The molecule has 1 aliphatic heterocycles. The predicted molar refractivity (Wildman–Crippen MR) is 76.3 cm³/mol. The highest BCUT2D eigenvalue weighted by atomic mass is 32.2. The summed E-state index contributed by atoms with van der Waals surface area (Å²) >= 11 is 0. The van der Waals surface area contributed by atoms with Gasteiger partial charge in [-0.3, -0.25) is 4.98 Å². The molecule has 0 N–H and O–H groups in total. The van der Waals surface area contributed by atoms with Gasteiger partial charge in [0.25, 0.3) is 0 Å². The summed E-state index contributed by atoms with van der Waals surface area (Å²) in [4.78, 5) is 4.10. The van der Waals surface area contributed by atoms with E-state index in [4.69, 9.17) is 0 Å². The summed E-state index contributed by atoms with van der Waals surface area (Å²) in [6.45, 7) is 3.36.